The first-order valence-corrected chi connectivity index (χ1v) is 6.99. The molecular formula is C14H16BrN3O. The number of hydrogen-bond donors (Lipinski definition) is 1. The van der Waals surface area contributed by atoms with Crippen molar-refractivity contribution in [2.75, 3.05) is 11.9 Å². The highest BCUT2D eigenvalue weighted by Crippen LogP contribution is 2.15. The number of nitrogens with zero attached hydrogens (tertiary/aromatic N) is 2. The van der Waals surface area contributed by atoms with Crippen LogP contribution in [0.4, 0.5) is 5.69 Å². The molecule has 0 saturated carbocycles. The van der Waals surface area contributed by atoms with Crippen LogP contribution >= 0.6 is 15.9 Å². The molecule has 0 amide bonds. The average molecular weight is 322 g/mol. The third-order valence-corrected chi connectivity index (χ3v) is 2.89. The van der Waals surface area contributed by atoms with Gasteiger partial charge in [0.2, 0.25) is 5.88 Å². The van der Waals surface area contributed by atoms with Crippen LogP contribution in [0.2, 0.25) is 0 Å². The molecule has 0 aliphatic heterocycles. The molecule has 19 heavy (non-hydrogen) atoms. The summed E-state index contributed by atoms with van der Waals surface area (Å²) in [6.45, 7) is 3.48. The molecule has 0 saturated heterocycles. The van der Waals surface area contributed by atoms with Crippen molar-refractivity contribution < 1.29 is 4.74 Å². The van der Waals surface area contributed by atoms with Gasteiger partial charge in [-0.05, 0) is 34.0 Å². The fourth-order valence-electron chi connectivity index (χ4n) is 1.52. The van der Waals surface area contributed by atoms with Crippen molar-refractivity contribution >= 4 is 21.6 Å². The highest BCUT2D eigenvalue weighted by atomic mass is 79.9. The van der Waals surface area contributed by atoms with Crippen LogP contribution in [-0.4, -0.2) is 16.6 Å². The summed E-state index contributed by atoms with van der Waals surface area (Å²) in [6, 6.07) is 5.89. The van der Waals surface area contributed by atoms with Gasteiger partial charge in [0.25, 0.3) is 0 Å². The molecule has 0 aromatic carbocycles. The second-order valence-corrected chi connectivity index (χ2v) is 5.01. The molecule has 0 bridgehead atoms. The zero-order chi connectivity index (χ0) is 13.5. The first-order chi connectivity index (χ1) is 9.28. The Hall–Kier alpha value is -1.62. The maximum absolute atomic E-state index is 5.44. The maximum Gasteiger partial charge on any atom is 0.213 e. The van der Waals surface area contributed by atoms with Crippen LogP contribution in [0.1, 0.15) is 18.9 Å². The van der Waals surface area contributed by atoms with Gasteiger partial charge in [-0.2, -0.15) is 0 Å². The second kappa shape index (κ2) is 7.09. The van der Waals surface area contributed by atoms with E-state index >= 15 is 0 Å². The summed E-state index contributed by atoms with van der Waals surface area (Å²) in [5, 5.41) is 3.29. The molecule has 2 heterocycles. The number of hydrogen-bond acceptors (Lipinski definition) is 4. The zero-order valence-corrected chi connectivity index (χ0v) is 12.4. The molecule has 1 N–H and O–H groups in total. The SMILES string of the molecule is CCCOc1ccc(CNc2cncc(Br)c2)cn1. The second-order valence-electron chi connectivity index (χ2n) is 4.10. The van der Waals surface area contributed by atoms with E-state index in [1.54, 1.807) is 12.4 Å². The van der Waals surface area contributed by atoms with E-state index in [-0.39, 0.29) is 0 Å². The van der Waals surface area contributed by atoms with Gasteiger partial charge in [-0.15, -0.1) is 0 Å². The summed E-state index contributed by atoms with van der Waals surface area (Å²) < 4.78 is 6.40. The number of pyridine rings is 2. The Morgan fingerprint density at radius 3 is 2.84 bits per heavy atom. The molecule has 0 fully saturated rings. The Morgan fingerprint density at radius 2 is 2.16 bits per heavy atom. The average Bonchev–Trinajstić information content (AvgIpc) is 2.44. The van der Waals surface area contributed by atoms with Gasteiger partial charge in [0.05, 0.1) is 18.5 Å². The Bertz CT molecular complexity index is 516. The smallest absolute Gasteiger partial charge is 0.213 e. The lowest BCUT2D eigenvalue weighted by molar-refractivity contribution is 0.305. The summed E-state index contributed by atoms with van der Waals surface area (Å²) in [4.78, 5) is 8.36. The molecule has 0 aliphatic carbocycles. The van der Waals surface area contributed by atoms with Crippen molar-refractivity contribution in [1.82, 2.24) is 9.97 Å². The van der Waals surface area contributed by atoms with E-state index in [1.807, 2.05) is 24.4 Å². The molecule has 0 spiro atoms. The largest absolute Gasteiger partial charge is 0.478 e. The van der Waals surface area contributed by atoms with Gasteiger partial charge in [-0.3, -0.25) is 4.98 Å². The lowest BCUT2D eigenvalue weighted by Crippen LogP contribution is -2.01. The summed E-state index contributed by atoms with van der Waals surface area (Å²) in [5.74, 6) is 0.676. The topological polar surface area (TPSA) is 47.0 Å². The van der Waals surface area contributed by atoms with Gasteiger partial charge >= 0.3 is 0 Å². The molecule has 2 rings (SSSR count). The van der Waals surface area contributed by atoms with Gasteiger partial charge in [-0.25, -0.2) is 4.98 Å². The van der Waals surface area contributed by atoms with E-state index in [0.29, 0.717) is 19.0 Å². The summed E-state index contributed by atoms with van der Waals surface area (Å²) in [7, 11) is 0. The van der Waals surface area contributed by atoms with E-state index in [2.05, 4.69) is 38.1 Å². The van der Waals surface area contributed by atoms with Crippen LogP contribution < -0.4 is 10.1 Å². The van der Waals surface area contributed by atoms with E-state index in [1.165, 1.54) is 0 Å². The number of anilines is 1. The molecular weight excluding hydrogens is 306 g/mol. The predicted octanol–water partition coefficient (Wildman–Crippen LogP) is 3.64. The Morgan fingerprint density at radius 1 is 1.26 bits per heavy atom. The van der Waals surface area contributed by atoms with Crippen LogP contribution in [0.3, 0.4) is 0 Å². The maximum atomic E-state index is 5.44. The van der Waals surface area contributed by atoms with Crippen LogP contribution in [0.15, 0.2) is 41.3 Å². The summed E-state index contributed by atoms with van der Waals surface area (Å²) in [6.07, 6.45) is 6.35. The monoisotopic (exact) mass is 321 g/mol. The van der Waals surface area contributed by atoms with Crippen LogP contribution in [0.5, 0.6) is 5.88 Å². The predicted molar refractivity (Wildman–Crippen MR) is 79.3 cm³/mol. The first-order valence-electron chi connectivity index (χ1n) is 6.20. The third kappa shape index (κ3) is 4.52. The fraction of sp³-hybridized carbons (Fsp3) is 0.286. The molecule has 0 unspecified atom stereocenters. The minimum atomic E-state index is 0.676. The Kier molecular flexibility index (Phi) is 5.15. The lowest BCUT2D eigenvalue weighted by atomic mass is 10.3. The normalized spacial score (nSPS) is 10.2. The molecule has 2 aromatic heterocycles. The minimum Gasteiger partial charge on any atom is -0.478 e. The number of ether oxygens (including phenoxy) is 1. The van der Waals surface area contributed by atoms with Crippen molar-refractivity contribution in [2.45, 2.75) is 19.9 Å². The number of rotatable bonds is 6. The van der Waals surface area contributed by atoms with E-state index < -0.39 is 0 Å². The molecule has 2 aromatic rings. The highest BCUT2D eigenvalue weighted by molar-refractivity contribution is 9.10. The van der Waals surface area contributed by atoms with Crippen molar-refractivity contribution in [1.29, 1.82) is 0 Å². The van der Waals surface area contributed by atoms with Crippen LogP contribution in [0.25, 0.3) is 0 Å². The number of halogens is 1. The van der Waals surface area contributed by atoms with Crippen LogP contribution in [-0.2, 0) is 6.54 Å². The van der Waals surface area contributed by atoms with Crippen molar-refractivity contribution in [3.8, 4) is 5.88 Å². The number of aromatic nitrogens is 2. The van der Waals surface area contributed by atoms with Crippen molar-refractivity contribution in [3.05, 3.63) is 46.8 Å². The van der Waals surface area contributed by atoms with Gasteiger partial charge in [0.1, 0.15) is 0 Å². The standard InChI is InChI=1S/C14H16BrN3O/c1-2-5-19-14-4-3-11(8-18-14)7-17-13-6-12(15)9-16-10-13/h3-4,6,8-10,17H,2,5,7H2,1H3. The lowest BCUT2D eigenvalue weighted by Gasteiger charge is -2.07. The molecule has 4 nitrogen and oxygen atoms in total. The quantitative estimate of drug-likeness (QED) is 0.882. The van der Waals surface area contributed by atoms with Gasteiger partial charge in [0.15, 0.2) is 0 Å². The van der Waals surface area contributed by atoms with Gasteiger partial charge in [-0.1, -0.05) is 13.0 Å². The zero-order valence-electron chi connectivity index (χ0n) is 10.8. The summed E-state index contributed by atoms with van der Waals surface area (Å²) in [5.41, 5.74) is 2.07. The van der Waals surface area contributed by atoms with E-state index in [9.17, 15) is 0 Å². The Labute approximate surface area is 121 Å². The molecule has 100 valence electrons. The minimum absolute atomic E-state index is 0.676. The van der Waals surface area contributed by atoms with Crippen molar-refractivity contribution in [3.63, 3.8) is 0 Å². The van der Waals surface area contributed by atoms with Gasteiger partial charge < -0.3 is 10.1 Å². The van der Waals surface area contributed by atoms with E-state index in [0.717, 1.165) is 22.1 Å². The first kappa shape index (κ1) is 13.8. The molecule has 0 radical (unpaired) electrons. The summed E-state index contributed by atoms with van der Waals surface area (Å²) >= 11 is 3.39. The molecule has 0 aliphatic rings. The van der Waals surface area contributed by atoms with E-state index in [4.69, 9.17) is 4.74 Å². The van der Waals surface area contributed by atoms with Gasteiger partial charge in [0, 0.05) is 29.5 Å². The fourth-order valence-corrected chi connectivity index (χ4v) is 1.89. The molecule has 5 heteroatoms. The Balaban J connectivity index is 1.89. The van der Waals surface area contributed by atoms with Crippen LogP contribution in [0, 0.1) is 0 Å². The third-order valence-electron chi connectivity index (χ3n) is 2.45. The number of nitrogens with one attached hydrogen (secondary N) is 1. The molecule has 0 atom stereocenters. The van der Waals surface area contributed by atoms with Crippen molar-refractivity contribution in [2.24, 2.45) is 0 Å². The highest BCUT2D eigenvalue weighted by Gasteiger charge is 1.98.